The monoisotopic (exact) mass is 367 g/mol. The van der Waals surface area contributed by atoms with Crippen LogP contribution in [0.4, 0.5) is 0 Å². The van der Waals surface area contributed by atoms with Crippen LogP contribution < -0.4 is 4.74 Å². The molecule has 0 saturated carbocycles. The Hall–Kier alpha value is -2.82. The van der Waals surface area contributed by atoms with E-state index in [1.54, 1.807) is 25.3 Å². The first-order valence-corrected chi connectivity index (χ1v) is 9.04. The van der Waals surface area contributed by atoms with E-state index in [-0.39, 0.29) is 11.3 Å². The first-order valence-electron chi connectivity index (χ1n) is 9.04. The van der Waals surface area contributed by atoms with E-state index >= 15 is 0 Å². The molecule has 1 atom stereocenters. The van der Waals surface area contributed by atoms with Gasteiger partial charge < -0.3 is 14.7 Å². The van der Waals surface area contributed by atoms with E-state index in [4.69, 9.17) is 4.74 Å². The predicted molar refractivity (Wildman–Crippen MR) is 103 cm³/mol. The van der Waals surface area contributed by atoms with Gasteiger partial charge in [0.1, 0.15) is 5.75 Å². The highest BCUT2D eigenvalue weighted by Gasteiger charge is 2.36. The Labute approximate surface area is 159 Å². The zero-order valence-electron chi connectivity index (χ0n) is 16.2. The van der Waals surface area contributed by atoms with Crippen molar-refractivity contribution in [2.24, 2.45) is 0 Å². The Bertz CT molecular complexity index is 882. The number of methoxy groups -OCH3 is 1. The topological polar surface area (TPSA) is 66.8 Å². The smallest absolute Gasteiger partial charge is 0.331 e. The largest absolute Gasteiger partial charge is 0.496 e. The summed E-state index contributed by atoms with van der Waals surface area (Å²) in [4.78, 5) is 26.6. The minimum atomic E-state index is -1.02. The Morgan fingerprint density at radius 3 is 2.48 bits per heavy atom. The standard InChI is InChI=1S/C22H25NO4/c1-22(2,3)17-10-9-15(13-18(17)27-4)20(24)23-12-11-14-7-5-6-8-16(14)19(23)21(25)26/h5-10,13,19H,11-12H2,1-4H3,(H,25,26). The molecular weight excluding hydrogens is 342 g/mol. The lowest BCUT2D eigenvalue weighted by molar-refractivity contribution is -0.143. The molecule has 2 aromatic rings. The highest BCUT2D eigenvalue weighted by atomic mass is 16.5. The molecule has 1 aliphatic heterocycles. The van der Waals surface area contributed by atoms with Crippen molar-refractivity contribution in [1.29, 1.82) is 0 Å². The number of benzene rings is 2. The van der Waals surface area contributed by atoms with E-state index in [9.17, 15) is 14.7 Å². The summed E-state index contributed by atoms with van der Waals surface area (Å²) >= 11 is 0. The third kappa shape index (κ3) is 3.54. The molecule has 0 bridgehead atoms. The van der Waals surface area contributed by atoms with Gasteiger partial charge in [-0.25, -0.2) is 4.79 Å². The first kappa shape index (κ1) is 19.0. The number of hydrogen-bond acceptors (Lipinski definition) is 3. The van der Waals surface area contributed by atoms with Gasteiger partial charge in [0, 0.05) is 12.1 Å². The van der Waals surface area contributed by atoms with Crippen LogP contribution in [0, 0.1) is 0 Å². The average molecular weight is 367 g/mol. The normalized spacial score (nSPS) is 16.6. The molecule has 0 radical (unpaired) electrons. The molecule has 0 saturated heterocycles. The molecule has 142 valence electrons. The molecule has 0 spiro atoms. The molecule has 1 N–H and O–H groups in total. The molecule has 0 aliphatic carbocycles. The second-order valence-electron chi connectivity index (χ2n) is 7.85. The van der Waals surface area contributed by atoms with Crippen LogP contribution >= 0.6 is 0 Å². The maximum Gasteiger partial charge on any atom is 0.331 e. The van der Waals surface area contributed by atoms with Gasteiger partial charge in [-0.2, -0.15) is 0 Å². The minimum Gasteiger partial charge on any atom is -0.496 e. The van der Waals surface area contributed by atoms with Gasteiger partial charge in [0.2, 0.25) is 0 Å². The van der Waals surface area contributed by atoms with Gasteiger partial charge in [-0.1, -0.05) is 51.1 Å². The third-order valence-corrected chi connectivity index (χ3v) is 5.03. The Morgan fingerprint density at radius 2 is 1.85 bits per heavy atom. The van der Waals surface area contributed by atoms with Crippen molar-refractivity contribution in [2.75, 3.05) is 13.7 Å². The summed E-state index contributed by atoms with van der Waals surface area (Å²) in [5, 5.41) is 9.78. The zero-order valence-corrected chi connectivity index (χ0v) is 16.2. The van der Waals surface area contributed by atoms with E-state index in [1.165, 1.54) is 4.90 Å². The fourth-order valence-electron chi connectivity index (χ4n) is 3.66. The van der Waals surface area contributed by atoms with Crippen LogP contribution in [0.1, 0.15) is 53.9 Å². The summed E-state index contributed by atoms with van der Waals surface area (Å²) in [6.07, 6.45) is 0.642. The summed E-state index contributed by atoms with van der Waals surface area (Å²) in [6, 6.07) is 11.8. The maximum atomic E-state index is 13.2. The van der Waals surface area contributed by atoms with Gasteiger partial charge in [0.25, 0.3) is 5.91 Å². The van der Waals surface area contributed by atoms with Crippen molar-refractivity contribution in [3.05, 3.63) is 64.7 Å². The van der Waals surface area contributed by atoms with Crippen molar-refractivity contribution in [2.45, 2.75) is 38.6 Å². The van der Waals surface area contributed by atoms with E-state index in [1.807, 2.05) is 24.3 Å². The van der Waals surface area contributed by atoms with Gasteiger partial charge in [-0.3, -0.25) is 4.79 Å². The summed E-state index contributed by atoms with van der Waals surface area (Å²) < 4.78 is 5.49. The van der Waals surface area contributed by atoms with Crippen molar-refractivity contribution < 1.29 is 19.4 Å². The quantitative estimate of drug-likeness (QED) is 0.896. The van der Waals surface area contributed by atoms with Crippen molar-refractivity contribution in [1.82, 2.24) is 4.90 Å². The fraction of sp³-hybridized carbons (Fsp3) is 0.364. The van der Waals surface area contributed by atoms with Gasteiger partial charge in [-0.15, -0.1) is 0 Å². The summed E-state index contributed by atoms with van der Waals surface area (Å²) in [6.45, 7) is 6.60. The lowest BCUT2D eigenvalue weighted by atomic mass is 9.85. The van der Waals surface area contributed by atoms with E-state index in [0.29, 0.717) is 29.8 Å². The molecule has 1 aliphatic rings. The molecule has 2 aromatic carbocycles. The molecule has 27 heavy (non-hydrogen) atoms. The molecule has 5 heteroatoms. The van der Waals surface area contributed by atoms with E-state index in [0.717, 1.165) is 11.1 Å². The van der Waals surface area contributed by atoms with Crippen molar-refractivity contribution >= 4 is 11.9 Å². The number of carbonyl (C=O) groups is 2. The molecule has 0 aromatic heterocycles. The number of ether oxygens (including phenoxy) is 1. The number of rotatable bonds is 3. The molecule has 3 rings (SSSR count). The minimum absolute atomic E-state index is 0.124. The lowest BCUT2D eigenvalue weighted by Gasteiger charge is -2.35. The average Bonchev–Trinajstić information content (AvgIpc) is 2.65. The number of amides is 1. The Balaban J connectivity index is 1.99. The van der Waals surface area contributed by atoms with Crippen molar-refractivity contribution in [3.8, 4) is 5.75 Å². The number of hydrogen-bond donors (Lipinski definition) is 1. The van der Waals surface area contributed by atoms with Crippen LogP contribution in [0.15, 0.2) is 42.5 Å². The second-order valence-corrected chi connectivity index (χ2v) is 7.85. The van der Waals surface area contributed by atoms with Crippen LogP contribution in [0.2, 0.25) is 0 Å². The molecule has 1 unspecified atom stereocenters. The molecule has 1 amide bonds. The number of carbonyl (C=O) groups excluding carboxylic acids is 1. The number of carboxylic acids is 1. The molecule has 1 heterocycles. The van der Waals surface area contributed by atoms with Crippen LogP contribution in [0.5, 0.6) is 5.75 Å². The highest BCUT2D eigenvalue weighted by Crippen LogP contribution is 2.34. The maximum absolute atomic E-state index is 13.2. The van der Waals surface area contributed by atoms with Gasteiger partial charge in [-0.05, 0) is 40.7 Å². The summed E-state index contributed by atoms with van der Waals surface area (Å²) in [5.74, 6) is -0.679. The molecular formula is C22H25NO4. The fourth-order valence-corrected chi connectivity index (χ4v) is 3.66. The van der Waals surface area contributed by atoms with Crippen molar-refractivity contribution in [3.63, 3.8) is 0 Å². The summed E-state index contributed by atoms with van der Waals surface area (Å²) in [7, 11) is 1.58. The van der Waals surface area contributed by atoms with Crippen LogP contribution in [0.25, 0.3) is 0 Å². The second kappa shape index (κ2) is 7.06. The summed E-state index contributed by atoms with van der Waals surface area (Å²) in [5.41, 5.74) is 2.98. The highest BCUT2D eigenvalue weighted by molar-refractivity contribution is 5.97. The zero-order chi connectivity index (χ0) is 19.8. The SMILES string of the molecule is COc1cc(C(=O)N2CCc3ccccc3C2C(=O)O)ccc1C(C)(C)C. The Kier molecular flexibility index (Phi) is 4.96. The first-order chi connectivity index (χ1) is 12.7. The third-order valence-electron chi connectivity index (χ3n) is 5.03. The molecule has 0 fully saturated rings. The Morgan fingerprint density at radius 1 is 1.15 bits per heavy atom. The van der Waals surface area contributed by atoms with Crippen LogP contribution in [-0.4, -0.2) is 35.5 Å². The van der Waals surface area contributed by atoms with E-state index < -0.39 is 12.0 Å². The molecule has 5 nitrogen and oxygen atoms in total. The predicted octanol–water partition coefficient (Wildman–Crippen LogP) is 3.82. The number of aliphatic carboxylic acids is 1. The van der Waals surface area contributed by atoms with Gasteiger partial charge in [0.15, 0.2) is 6.04 Å². The van der Waals surface area contributed by atoms with Gasteiger partial charge in [0.05, 0.1) is 7.11 Å². The van der Waals surface area contributed by atoms with Crippen LogP contribution in [-0.2, 0) is 16.6 Å². The number of nitrogens with zero attached hydrogens (tertiary/aromatic N) is 1. The number of fused-ring (bicyclic) bond motifs is 1. The van der Waals surface area contributed by atoms with Gasteiger partial charge >= 0.3 is 5.97 Å². The lowest BCUT2D eigenvalue weighted by Crippen LogP contribution is -2.43. The van der Waals surface area contributed by atoms with E-state index in [2.05, 4.69) is 20.8 Å². The number of carboxylic acid groups (broad SMARTS) is 1. The van der Waals surface area contributed by atoms with Crippen LogP contribution in [0.3, 0.4) is 0 Å².